The van der Waals surface area contributed by atoms with Crippen LogP contribution in [0.5, 0.6) is 5.75 Å². The number of aryl methyl sites for hydroxylation is 1. The van der Waals surface area contributed by atoms with Crippen molar-refractivity contribution in [2.75, 3.05) is 19.0 Å². The average Bonchev–Trinajstić information content (AvgIpc) is 3.66. The van der Waals surface area contributed by atoms with Gasteiger partial charge in [-0.25, -0.2) is 0 Å². The summed E-state index contributed by atoms with van der Waals surface area (Å²) in [7, 11) is 1.50. The van der Waals surface area contributed by atoms with E-state index in [1.807, 2.05) is 24.3 Å². The molecule has 11 nitrogen and oxygen atoms in total. The van der Waals surface area contributed by atoms with Gasteiger partial charge in [0.15, 0.2) is 0 Å². The molecule has 2 amide bonds. The number of nitriles is 1. The fourth-order valence-electron chi connectivity index (χ4n) is 5.55. The number of nitrogens with zero attached hydrogens (tertiary/aromatic N) is 4. The summed E-state index contributed by atoms with van der Waals surface area (Å²) in [4.78, 5) is 43.6. The first-order valence-electron chi connectivity index (χ1n) is 16.3. The molecule has 5 aromatic carbocycles. The van der Waals surface area contributed by atoms with Gasteiger partial charge >= 0.3 is 5.97 Å². The van der Waals surface area contributed by atoms with Crippen molar-refractivity contribution in [3.05, 3.63) is 143 Å². The van der Waals surface area contributed by atoms with Crippen molar-refractivity contribution in [3.8, 4) is 45.8 Å². The lowest BCUT2D eigenvalue weighted by atomic mass is 10.0. The Hall–Kier alpha value is -7.06. The van der Waals surface area contributed by atoms with Crippen molar-refractivity contribution < 1.29 is 28.8 Å². The van der Waals surface area contributed by atoms with E-state index < -0.39 is 18.4 Å². The minimum absolute atomic E-state index is 0.0323. The number of hydrogen-bond donors (Lipinski definition) is 2. The Labute approximate surface area is 299 Å². The summed E-state index contributed by atoms with van der Waals surface area (Å²) in [6.07, 6.45) is -0.0323. The highest BCUT2D eigenvalue weighted by atomic mass is 16.5. The van der Waals surface area contributed by atoms with Gasteiger partial charge in [-0.15, -0.1) is 0 Å². The van der Waals surface area contributed by atoms with Crippen molar-refractivity contribution in [1.29, 1.82) is 5.26 Å². The third-order valence-corrected chi connectivity index (χ3v) is 8.35. The first-order chi connectivity index (χ1) is 25.2. The first-order valence-corrected chi connectivity index (χ1v) is 16.3. The van der Waals surface area contributed by atoms with E-state index in [1.165, 1.54) is 29.7 Å². The average molecular weight is 692 g/mol. The van der Waals surface area contributed by atoms with Crippen LogP contribution in [0.25, 0.3) is 34.0 Å². The molecule has 258 valence electrons. The van der Waals surface area contributed by atoms with Gasteiger partial charge in [-0.1, -0.05) is 77.5 Å². The van der Waals surface area contributed by atoms with Crippen molar-refractivity contribution in [2.24, 2.45) is 0 Å². The Morgan fingerprint density at radius 1 is 0.846 bits per heavy atom. The second-order valence-electron chi connectivity index (χ2n) is 12.1. The van der Waals surface area contributed by atoms with E-state index in [9.17, 15) is 24.8 Å². The maximum absolute atomic E-state index is 13.4. The zero-order valence-corrected chi connectivity index (χ0v) is 28.4. The van der Waals surface area contributed by atoms with Gasteiger partial charge in [0.2, 0.25) is 11.7 Å². The molecular weight excluding hydrogens is 658 g/mol. The molecule has 0 atom stereocenters. The molecule has 0 spiro atoms. The number of anilines is 1. The van der Waals surface area contributed by atoms with Crippen LogP contribution in [-0.4, -0.2) is 51.6 Å². The van der Waals surface area contributed by atoms with E-state index in [2.05, 4.69) is 52.7 Å². The SMILES string of the molecule is COc1ccc(CC(=O)Nc2ccc(C(=O)N(CC(=O)O)Cc3ccc(-c4noc(-c5ccc(-c6ccc(C)cc6)cc5)n4)cc3)cc2)c(C#N)c1. The molecule has 52 heavy (non-hydrogen) atoms. The molecule has 0 unspecified atom stereocenters. The maximum Gasteiger partial charge on any atom is 0.323 e. The standard InChI is InChI=1S/C41H33N5O6/c1-26-3-7-28(8-4-26)29-11-13-31(14-12-29)40-44-39(45-52-40)30-9-5-27(6-10-30)24-46(25-38(48)49)41(50)32-15-18-35(19-16-32)43-37(47)22-33-17-20-36(51-2)21-34(33)23-42/h3-21H,22,24-25H2,1-2H3,(H,43,47)(H,48,49). The number of benzene rings is 5. The van der Waals surface area contributed by atoms with Crippen molar-refractivity contribution in [3.63, 3.8) is 0 Å². The number of carbonyl (C=O) groups is 3. The Morgan fingerprint density at radius 2 is 1.48 bits per heavy atom. The van der Waals surface area contributed by atoms with Gasteiger partial charge in [0, 0.05) is 28.9 Å². The Morgan fingerprint density at radius 3 is 2.12 bits per heavy atom. The zero-order valence-electron chi connectivity index (χ0n) is 28.4. The Balaban J connectivity index is 1.08. The number of rotatable bonds is 12. The molecule has 6 aromatic rings. The molecule has 0 aliphatic carbocycles. The second kappa shape index (κ2) is 15.7. The van der Waals surface area contributed by atoms with Crippen LogP contribution >= 0.6 is 0 Å². The molecular formula is C41H33N5O6. The van der Waals surface area contributed by atoms with Gasteiger partial charge in [-0.2, -0.15) is 10.2 Å². The number of carboxylic acid groups (broad SMARTS) is 1. The monoisotopic (exact) mass is 691 g/mol. The van der Waals surface area contributed by atoms with Gasteiger partial charge in [0.25, 0.3) is 11.8 Å². The number of aromatic nitrogens is 2. The van der Waals surface area contributed by atoms with Crippen LogP contribution in [0.1, 0.15) is 32.6 Å². The van der Waals surface area contributed by atoms with E-state index >= 15 is 0 Å². The lowest BCUT2D eigenvalue weighted by Gasteiger charge is -2.21. The fraction of sp³-hybridized carbons (Fsp3) is 0.122. The molecule has 1 heterocycles. The van der Waals surface area contributed by atoms with Crippen LogP contribution < -0.4 is 10.1 Å². The molecule has 0 saturated heterocycles. The molecule has 0 bridgehead atoms. The van der Waals surface area contributed by atoms with Crippen molar-refractivity contribution in [1.82, 2.24) is 15.0 Å². The molecule has 6 rings (SSSR count). The number of amides is 2. The number of nitrogens with one attached hydrogen (secondary N) is 1. The van der Waals surface area contributed by atoms with E-state index in [0.717, 1.165) is 16.7 Å². The molecule has 0 fully saturated rings. The summed E-state index contributed by atoms with van der Waals surface area (Å²) in [6.45, 7) is 1.58. The van der Waals surface area contributed by atoms with Gasteiger partial charge in [-0.05, 0) is 77.7 Å². The van der Waals surface area contributed by atoms with Crippen molar-refractivity contribution >= 4 is 23.5 Å². The zero-order chi connectivity index (χ0) is 36.6. The van der Waals surface area contributed by atoms with Crippen LogP contribution in [0, 0.1) is 18.3 Å². The number of carboxylic acids is 1. The molecule has 0 aliphatic heterocycles. The lowest BCUT2D eigenvalue weighted by Crippen LogP contribution is -2.35. The van der Waals surface area contributed by atoms with Crippen LogP contribution in [-0.2, 0) is 22.6 Å². The van der Waals surface area contributed by atoms with E-state index in [-0.39, 0.29) is 24.4 Å². The van der Waals surface area contributed by atoms with Crippen LogP contribution in [0.2, 0.25) is 0 Å². The molecule has 2 N–H and O–H groups in total. The lowest BCUT2D eigenvalue weighted by molar-refractivity contribution is -0.137. The first kappa shape index (κ1) is 34.8. The highest BCUT2D eigenvalue weighted by molar-refractivity contribution is 5.97. The summed E-state index contributed by atoms with van der Waals surface area (Å²) >= 11 is 0. The highest BCUT2D eigenvalue weighted by Gasteiger charge is 2.20. The van der Waals surface area contributed by atoms with Gasteiger partial charge in [-0.3, -0.25) is 14.4 Å². The number of hydrogen-bond acceptors (Lipinski definition) is 8. The molecule has 0 aliphatic rings. The predicted octanol–water partition coefficient (Wildman–Crippen LogP) is 7.17. The minimum atomic E-state index is -1.16. The quantitative estimate of drug-likeness (QED) is 0.136. The summed E-state index contributed by atoms with van der Waals surface area (Å²) in [5, 5.41) is 25.9. The number of methoxy groups -OCH3 is 1. The smallest absolute Gasteiger partial charge is 0.323 e. The normalized spacial score (nSPS) is 10.6. The van der Waals surface area contributed by atoms with E-state index in [1.54, 1.807) is 54.6 Å². The minimum Gasteiger partial charge on any atom is -0.497 e. The summed E-state index contributed by atoms with van der Waals surface area (Å²) in [6, 6.07) is 36.5. The fourth-order valence-corrected chi connectivity index (χ4v) is 5.55. The Kier molecular flexibility index (Phi) is 10.5. The number of aliphatic carboxylic acids is 1. The summed E-state index contributed by atoms with van der Waals surface area (Å²) in [5.74, 6) is -0.702. The van der Waals surface area contributed by atoms with Gasteiger partial charge in [0.1, 0.15) is 12.3 Å². The largest absolute Gasteiger partial charge is 0.497 e. The molecule has 11 heteroatoms. The summed E-state index contributed by atoms with van der Waals surface area (Å²) < 4.78 is 10.7. The van der Waals surface area contributed by atoms with E-state index in [4.69, 9.17) is 9.26 Å². The highest BCUT2D eigenvalue weighted by Crippen LogP contribution is 2.27. The third-order valence-electron chi connectivity index (χ3n) is 8.35. The van der Waals surface area contributed by atoms with Gasteiger partial charge in [0.05, 0.1) is 25.2 Å². The number of ether oxygens (including phenoxy) is 1. The van der Waals surface area contributed by atoms with Crippen molar-refractivity contribution in [2.45, 2.75) is 19.9 Å². The van der Waals surface area contributed by atoms with E-state index in [0.29, 0.717) is 45.4 Å². The summed E-state index contributed by atoms with van der Waals surface area (Å²) in [5.41, 5.74) is 7.15. The Bertz CT molecular complexity index is 2260. The van der Waals surface area contributed by atoms with Crippen LogP contribution in [0.3, 0.4) is 0 Å². The topological polar surface area (TPSA) is 159 Å². The second-order valence-corrected chi connectivity index (χ2v) is 12.1. The van der Waals surface area contributed by atoms with Crippen LogP contribution in [0.4, 0.5) is 5.69 Å². The van der Waals surface area contributed by atoms with Gasteiger partial charge < -0.3 is 24.6 Å². The predicted molar refractivity (Wildman–Crippen MR) is 194 cm³/mol. The van der Waals surface area contributed by atoms with Crippen LogP contribution in [0.15, 0.2) is 120 Å². The number of carbonyl (C=O) groups excluding carboxylic acids is 2. The third kappa shape index (κ3) is 8.38. The molecule has 0 saturated carbocycles. The molecule has 0 radical (unpaired) electrons. The maximum atomic E-state index is 13.4. The molecule has 1 aromatic heterocycles.